The molecule has 1 aromatic heterocycles. The third-order valence-corrected chi connectivity index (χ3v) is 4.94. The number of aliphatic hydroxyl groups is 1. The number of anilines is 1. The Morgan fingerprint density at radius 2 is 2.17 bits per heavy atom. The summed E-state index contributed by atoms with van der Waals surface area (Å²) in [6, 6.07) is 9.12. The number of carbonyl (C=O) groups excluding carboxylic acids is 1. The van der Waals surface area contributed by atoms with E-state index in [2.05, 4.69) is 26.1 Å². The zero-order chi connectivity index (χ0) is 16.4. The highest BCUT2D eigenvalue weighted by molar-refractivity contribution is 9.09. The van der Waals surface area contributed by atoms with Crippen LogP contribution in [0, 0.1) is 0 Å². The van der Waals surface area contributed by atoms with Gasteiger partial charge in [-0.3, -0.25) is 0 Å². The predicted octanol–water partition coefficient (Wildman–Crippen LogP) is 2.24. The van der Waals surface area contributed by atoms with Crippen molar-refractivity contribution in [1.82, 2.24) is 15.1 Å². The number of carbonyl (C=O) groups is 1. The van der Waals surface area contributed by atoms with Crippen molar-refractivity contribution >= 4 is 38.4 Å². The third kappa shape index (κ3) is 3.31. The Hall–Kier alpha value is -1.71. The van der Waals surface area contributed by atoms with Crippen molar-refractivity contribution < 1.29 is 14.6 Å². The molecular formula is C14H15BrN4O3S. The summed E-state index contributed by atoms with van der Waals surface area (Å²) in [5, 5.41) is 19.7. The van der Waals surface area contributed by atoms with Gasteiger partial charge in [-0.1, -0.05) is 45.5 Å². The number of alkyl halides is 1. The highest BCUT2D eigenvalue weighted by atomic mass is 79.9. The van der Waals surface area contributed by atoms with Gasteiger partial charge in [0.15, 0.2) is 17.3 Å². The fourth-order valence-corrected chi connectivity index (χ4v) is 3.75. The van der Waals surface area contributed by atoms with Crippen molar-refractivity contribution in [3.05, 3.63) is 35.3 Å². The molecule has 3 rings (SSSR count). The summed E-state index contributed by atoms with van der Waals surface area (Å²) in [5.41, 5.74) is 0. The van der Waals surface area contributed by atoms with Crippen LogP contribution < -0.4 is 9.64 Å². The number of para-hydroxylation sites is 1. The van der Waals surface area contributed by atoms with Crippen molar-refractivity contribution in [3.63, 3.8) is 0 Å². The number of ether oxygens (including phenoxy) is 1. The third-order valence-electron chi connectivity index (χ3n) is 3.34. The van der Waals surface area contributed by atoms with E-state index in [0.717, 1.165) is 5.75 Å². The van der Waals surface area contributed by atoms with Crippen LogP contribution in [0.4, 0.5) is 9.93 Å². The summed E-state index contributed by atoms with van der Waals surface area (Å²) in [4.78, 5) is 14.7. The summed E-state index contributed by atoms with van der Waals surface area (Å²) in [6.07, 6.45) is -1.23. The molecule has 0 aliphatic carbocycles. The van der Waals surface area contributed by atoms with Gasteiger partial charge in [-0.25, -0.2) is 9.69 Å². The summed E-state index contributed by atoms with van der Waals surface area (Å²) in [5.74, 6) is 0.728. The van der Waals surface area contributed by atoms with Crippen molar-refractivity contribution in [3.8, 4) is 5.75 Å². The van der Waals surface area contributed by atoms with E-state index in [0.29, 0.717) is 15.5 Å². The van der Waals surface area contributed by atoms with Gasteiger partial charge in [0.1, 0.15) is 5.75 Å². The lowest BCUT2D eigenvalue weighted by Gasteiger charge is -2.15. The first-order valence-electron chi connectivity index (χ1n) is 6.93. The van der Waals surface area contributed by atoms with Gasteiger partial charge in [0.25, 0.3) is 0 Å². The highest BCUT2D eigenvalue weighted by Crippen LogP contribution is 2.32. The van der Waals surface area contributed by atoms with Crippen molar-refractivity contribution in [2.45, 2.75) is 12.3 Å². The molecule has 1 fully saturated rings. The normalized spacial score (nSPS) is 19.3. The van der Waals surface area contributed by atoms with E-state index >= 15 is 0 Å². The SMILES string of the molecule is CN1CC(O)N(c2nnc(C(CBr)Oc3ccccc3)s2)C1=O. The molecule has 1 saturated heterocycles. The molecule has 2 atom stereocenters. The summed E-state index contributed by atoms with van der Waals surface area (Å²) in [7, 11) is 1.63. The van der Waals surface area contributed by atoms with Gasteiger partial charge in [-0.05, 0) is 12.1 Å². The number of hydrogen-bond acceptors (Lipinski definition) is 6. The average Bonchev–Trinajstić information content (AvgIpc) is 3.11. The Labute approximate surface area is 145 Å². The lowest BCUT2D eigenvalue weighted by atomic mass is 10.3. The number of urea groups is 1. The highest BCUT2D eigenvalue weighted by Gasteiger charge is 2.37. The second-order valence-electron chi connectivity index (χ2n) is 5.01. The van der Waals surface area contributed by atoms with Crippen LogP contribution in [0.15, 0.2) is 30.3 Å². The minimum Gasteiger partial charge on any atom is -0.482 e. The van der Waals surface area contributed by atoms with Gasteiger partial charge in [0.05, 0.1) is 6.54 Å². The van der Waals surface area contributed by atoms with Crippen molar-refractivity contribution in [2.75, 3.05) is 23.8 Å². The molecule has 0 saturated carbocycles. The minimum atomic E-state index is -0.911. The topological polar surface area (TPSA) is 78.8 Å². The summed E-state index contributed by atoms with van der Waals surface area (Å²) >= 11 is 4.64. The quantitative estimate of drug-likeness (QED) is 0.781. The lowest BCUT2D eigenvalue weighted by molar-refractivity contribution is 0.183. The van der Waals surface area contributed by atoms with Gasteiger partial charge >= 0.3 is 6.03 Å². The maximum absolute atomic E-state index is 12.0. The summed E-state index contributed by atoms with van der Waals surface area (Å²) in [6.45, 7) is 0.246. The molecule has 2 unspecified atom stereocenters. The summed E-state index contributed by atoms with van der Waals surface area (Å²) < 4.78 is 5.89. The van der Waals surface area contributed by atoms with E-state index < -0.39 is 6.23 Å². The smallest absolute Gasteiger partial charge is 0.328 e. The number of amides is 2. The Morgan fingerprint density at radius 1 is 1.43 bits per heavy atom. The van der Waals surface area contributed by atoms with E-state index in [1.54, 1.807) is 7.05 Å². The van der Waals surface area contributed by atoms with Crippen LogP contribution in [-0.4, -0.2) is 51.4 Å². The molecule has 2 heterocycles. The molecule has 1 aliphatic heterocycles. The first-order chi connectivity index (χ1) is 11.1. The molecule has 2 amide bonds. The second kappa shape index (κ2) is 6.81. The predicted molar refractivity (Wildman–Crippen MR) is 90.0 cm³/mol. The number of halogens is 1. The Kier molecular flexibility index (Phi) is 4.79. The average molecular weight is 399 g/mol. The number of β-amino-alcohol motifs (C(OH)–C–C–N with tert-alkyl or cyclic N) is 1. The second-order valence-corrected chi connectivity index (χ2v) is 6.65. The van der Waals surface area contributed by atoms with Crippen LogP contribution in [-0.2, 0) is 0 Å². The van der Waals surface area contributed by atoms with E-state index in [1.165, 1.54) is 21.1 Å². The number of likely N-dealkylation sites (N-methyl/N-ethyl adjacent to an activating group) is 1. The molecule has 0 bridgehead atoms. The number of aromatic nitrogens is 2. The largest absolute Gasteiger partial charge is 0.482 e. The molecule has 1 aromatic carbocycles. The number of aliphatic hydroxyl groups excluding tert-OH is 1. The molecule has 1 aliphatic rings. The Bertz CT molecular complexity index is 684. The van der Waals surface area contributed by atoms with Crippen LogP contribution in [0.2, 0.25) is 0 Å². The fourth-order valence-electron chi connectivity index (χ4n) is 2.19. The van der Waals surface area contributed by atoms with E-state index in [-0.39, 0.29) is 18.7 Å². The van der Waals surface area contributed by atoms with Crippen LogP contribution in [0.1, 0.15) is 11.1 Å². The standard InChI is InChI=1S/C14H15BrN4O3S/c1-18-8-11(20)19(14(18)21)13-17-16-12(23-13)10(7-15)22-9-5-3-2-4-6-9/h2-6,10-11,20H,7-8H2,1H3. The van der Waals surface area contributed by atoms with Gasteiger partial charge < -0.3 is 14.7 Å². The van der Waals surface area contributed by atoms with Crippen LogP contribution in [0.3, 0.4) is 0 Å². The zero-order valence-corrected chi connectivity index (χ0v) is 14.7. The zero-order valence-electron chi connectivity index (χ0n) is 12.3. The van der Waals surface area contributed by atoms with Crippen molar-refractivity contribution in [1.29, 1.82) is 0 Å². The lowest BCUT2D eigenvalue weighted by Crippen LogP contribution is -2.34. The van der Waals surface area contributed by atoms with Gasteiger partial charge in [-0.15, -0.1) is 10.2 Å². The van der Waals surface area contributed by atoms with E-state index in [1.807, 2.05) is 30.3 Å². The maximum Gasteiger partial charge on any atom is 0.328 e. The molecular weight excluding hydrogens is 384 g/mol. The minimum absolute atomic E-state index is 0.246. The number of rotatable bonds is 5. The van der Waals surface area contributed by atoms with E-state index in [9.17, 15) is 9.90 Å². The van der Waals surface area contributed by atoms with E-state index in [4.69, 9.17) is 4.74 Å². The van der Waals surface area contributed by atoms with Gasteiger partial charge in [-0.2, -0.15) is 0 Å². The van der Waals surface area contributed by atoms with Crippen LogP contribution >= 0.6 is 27.3 Å². The number of hydrogen-bond donors (Lipinski definition) is 1. The Balaban J connectivity index is 1.79. The van der Waals surface area contributed by atoms with Gasteiger partial charge in [0, 0.05) is 12.4 Å². The first kappa shape index (κ1) is 16.2. The van der Waals surface area contributed by atoms with Crippen LogP contribution in [0.5, 0.6) is 5.75 Å². The number of benzene rings is 1. The molecule has 7 nitrogen and oxygen atoms in total. The Morgan fingerprint density at radius 3 is 2.78 bits per heavy atom. The molecule has 2 aromatic rings. The molecule has 122 valence electrons. The molecule has 0 radical (unpaired) electrons. The van der Waals surface area contributed by atoms with Crippen molar-refractivity contribution in [2.24, 2.45) is 0 Å². The first-order valence-corrected chi connectivity index (χ1v) is 8.87. The molecule has 0 spiro atoms. The van der Waals surface area contributed by atoms with Gasteiger partial charge in [0.2, 0.25) is 5.13 Å². The molecule has 9 heteroatoms. The number of nitrogens with zero attached hydrogens (tertiary/aromatic N) is 4. The van der Waals surface area contributed by atoms with Crippen LogP contribution in [0.25, 0.3) is 0 Å². The maximum atomic E-state index is 12.0. The molecule has 1 N–H and O–H groups in total. The monoisotopic (exact) mass is 398 g/mol. The fraction of sp³-hybridized carbons (Fsp3) is 0.357. The molecule has 23 heavy (non-hydrogen) atoms.